The third-order valence-electron chi connectivity index (χ3n) is 5.76. The molecule has 0 atom stereocenters. The van der Waals surface area contributed by atoms with Gasteiger partial charge in [0.15, 0.2) is 0 Å². The first-order valence-corrected chi connectivity index (χ1v) is 8.87. The zero-order chi connectivity index (χ0) is 18.0. The Balaban J connectivity index is 2.07. The first-order chi connectivity index (χ1) is 12.7. The van der Waals surface area contributed by atoms with Crippen LogP contribution < -0.4 is 9.47 Å². The minimum Gasteiger partial charge on any atom is -0.496 e. The summed E-state index contributed by atoms with van der Waals surface area (Å²) in [6, 6.07) is 17.2. The van der Waals surface area contributed by atoms with Gasteiger partial charge in [0.05, 0.1) is 14.2 Å². The van der Waals surface area contributed by atoms with Crippen molar-refractivity contribution in [3.63, 3.8) is 0 Å². The summed E-state index contributed by atoms with van der Waals surface area (Å²) in [7, 11) is 3.47. The molecule has 0 heterocycles. The molecule has 0 saturated carbocycles. The summed E-state index contributed by atoms with van der Waals surface area (Å²) in [6.45, 7) is 4.40. The molecule has 4 aromatic rings. The van der Waals surface area contributed by atoms with Crippen molar-refractivity contribution in [2.45, 2.75) is 13.8 Å². The maximum atomic E-state index is 5.72. The second kappa shape index (κ2) is 5.25. The normalized spacial score (nSPS) is 11.8. The Labute approximate surface area is 153 Å². The van der Waals surface area contributed by atoms with Gasteiger partial charge in [0.1, 0.15) is 11.5 Å². The van der Waals surface area contributed by atoms with Gasteiger partial charge in [0.25, 0.3) is 0 Å². The van der Waals surface area contributed by atoms with Crippen molar-refractivity contribution < 1.29 is 9.47 Å². The Bertz CT molecular complexity index is 1130. The fraction of sp³-hybridized carbons (Fsp3) is 0.167. The molecule has 0 fully saturated rings. The molecule has 0 radical (unpaired) electrons. The van der Waals surface area contributed by atoms with E-state index in [2.05, 4.69) is 50.2 Å². The number of benzene rings is 4. The minimum atomic E-state index is 0.896. The van der Waals surface area contributed by atoms with E-state index in [0.717, 1.165) is 22.3 Å². The van der Waals surface area contributed by atoms with Gasteiger partial charge in [0.2, 0.25) is 0 Å². The van der Waals surface area contributed by atoms with Crippen molar-refractivity contribution >= 4 is 21.5 Å². The van der Waals surface area contributed by atoms with Crippen molar-refractivity contribution in [3.05, 3.63) is 59.7 Å². The second-order valence-electron chi connectivity index (χ2n) is 6.93. The molecule has 128 valence electrons. The Morgan fingerprint density at radius 2 is 1.04 bits per heavy atom. The van der Waals surface area contributed by atoms with Crippen LogP contribution in [0.1, 0.15) is 11.1 Å². The highest BCUT2D eigenvalue weighted by Gasteiger charge is 2.28. The third kappa shape index (κ3) is 1.71. The van der Waals surface area contributed by atoms with E-state index in [9.17, 15) is 0 Å². The fourth-order valence-electron chi connectivity index (χ4n) is 4.71. The summed E-state index contributed by atoms with van der Waals surface area (Å²) < 4.78 is 11.4. The van der Waals surface area contributed by atoms with Gasteiger partial charge in [-0.2, -0.15) is 0 Å². The molecule has 0 amide bonds. The molecule has 0 unspecified atom stereocenters. The maximum absolute atomic E-state index is 5.72. The quantitative estimate of drug-likeness (QED) is 0.377. The summed E-state index contributed by atoms with van der Waals surface area (Å²) in [5, 5.41) is 4.93. The van der Waals surface area contributed by atoms with E-state index in [1.807, 2.05) is 12.1 Å². The van der Waals surface area contributed by atoms with E-state index in [1.54, 1.807) is 14.2 Å². The van der Waals surface area contributed by atoms with E-state index >= 15 is 0 Å². The van der Waals surface area contributed by atoms with Gasteiger partial charge in [0, 0.05) is 10.8 Å². The Morgan fingerprint density at radius 3 is 1.46 bits per heavy atom. The predicted molar refractivity (Wildman–Crippen MR) is 108 cm³/mol. The first kappa shape index (κ1) is 15.3. The molecule has 26 heavy (non-hydrogen) atoms. The zero-order valence-corrected chi connectivity index (χ0v) is 15.4. The van der Waals surface area contributed by atoms with Gasteiger partial charge >= 0.3 is 0 Å². The van der Waals surface area contributed by atoms with E-state index in [0.29, 0.717) is 0 Å². The van der Waals surface area contributed by atoms with Crippen molar-refractivity contribution in [1.82, 2.24) is 0 Å². The van der Waals surface area contributed by atoms with E-state index in [4.69, 9.17) is 9.47 Å². The lowest BCUT2D eigenvalue weighted by atomic mass is 9.88. The number of hydrogen-bond acceptors (Lipinski definition) is 2. The largest absolute Gasteiger partial charge is 0.496 e. The number of methoxy groups -OCH3 is 2. The number of ether oxygens (including phenoxy) is 2. The molecule has 2 nitrogen and oxygen atoms in total. The van der Waals surface area contributed by atoms with Crippen LogP contribution in [0.3, 0.4) is 0 Å². The van der Waals surface area contributed by atoms with Crippen molar-refractivity contribution in [2.24, 2.45) is 0 Å². The fourth-order valence-corrected chi connectivity index (χ4v) is 4.71. The molecule has 0 aromatic heterocycles. The average molecular weight is 340 g/mol. The summed E-state index contributed by atoms with van der Waals surface area (Å²) in [5.74, 6) is 1.79. The van der Waals surface area contributed by atoms with Gasteiger partial charge in [-0.25, -0.2) is 0 Å². The molecule has 0 saturated heterocycles. The number of rotatable bonds is 2. The molecule has 0 spiro atoms. The minimum absolute atomic E-state index is 0.896. The molecule has 0 aliphatic heterocycles. The van der Waals surface area contributed by atoms with E-state index in [-0.39, 0.29) is 0 Å². The third-order valence-corrected chi connectivity index (χ3v) is 5.76. The Hall–Kier alpha value is -3.00. The van der Waals surface area contributed by atoms with Crippen molar-refractivity contribution in [3.8, 4) is 33.8 Å². The van der Waals surface area contributed by atoms with E-state index < -0.39 is 0 Å². The molecule has 2 heteroatoms. The summed E-state index contributed by atoms with van der Waals surface area (Å²) in [6.07, 6.45) is 0. The molecular weight excluding hydrogens is 320 g/mol. The summed E-state index contributed by atoms with van der Waals surface area (Å²) in [5.41, 5.74) is 7.79. The van der Waals surface area contributed by atoms with Crippen molar-refractivity contribution in [1.29, 1.82) is 0 Å². The number of hydrogen-bond donors (Lipinski definition) is 0. The summed E-state index contributed by atoms with van der Waals surface area (Å²) >= 11 is 0. The molecular formula is C24H20O2. The van der Waals surface area contributed by atoms with Crippen LogP contribution in [0, 0.1) is 13.8 Å². The lowest BCUT2D eigenvalue weighted by Gasteiger charge is -2.19. The van der Waals surface area contributed by atoms with Gasteiger partial charge < -0.3 is 9.47 Å². The second-order valence-corrected chi connectivity index (χ2v) is 6.93. The van der Waals surface area contributed by atoms with Crippen LogP contribution >= 0.6 is 0 Å². The van der Waals surface area contributed by atoms with Crippen LogP contribution in [0.25, 0.3) is 43.8 Å². The lowest BCUT2D eigenvalue weighted by Crippen LogP contribution is -1.97. The molecule has 4 aromatic carbocycles. The van der Waals surface area contributed by atoms with Crippen LogP contribution in [0.2, 0.25) is 0 Å². The van der Waals surface area contributed by atoms with E-state index in [1.165, 1.54) is 44.2 Å². The predicted octanol–water partition coefficient (Wildman–Crippen LogP) is 6.27. The highest BCUT2D eigenvalue weighted by atomic mass is 16.5. The number of fused-ring (bicyclic) bond motifs is 4. The zero-order valence-electron chi connectivity index (χ0n) is 15.4. The standard InChI is InChI=1S/C24H20O2/c1-13-20-16-9-5-7-15-8-6-10-17(24(15)16)21(20)14(2)23-19(26-4)12-11-18(25-3)22(13)23/h5-12H,1-4H3. The summed E-state index contributed by atoms with van der Waals surface area (Å²) in [4.78, 5) is 0. The number of aryl methyl sites for hydroxylation is 2. The smallest absolute Gasteiger partial charge is 0.127 e. The van der Waals surface area contributed by atoms with Crippen molar-refractivity contribution in [2.75, 3.05) is 14.2 Å². The van der Waals surface area contributed by atoms with Crippen LogP contribution in [-0.4, -0.2) is 14.2 Å². The molecule has 0 N–H and O–H groups in total. The molecule has 1 aliphatic carbocycles. The Morgan fingerprint density at radius 1 is 0.577 bits per heavy atom. The topological polar surface area (TPSA) is 18.5 Å². The van der Waals surface area contributed by atoms with Gasteiger partial charge in [-0.05, 0) is 70.1 Å². The highest BCUT2D eigenvalue weighted by molar-refractivity contribution is 6.20. The molecule has 1 aliphatic rings. The van der Waals surface area contributed by atoms with Crippen LogP contribution in [-0.2, 0) is 0 Å². The Kier molecular flexibility index (Phi) is 3.08. The monoisotopic (exact) mass is 340 g/mol. The SMILES string of the molecule is COc1ccc(OC)c2c(C)c3c(c(C)c12)-c1cccc2cccc-3c12. The maximum Gasteiger partial charge on any atom is 0.127 e. The highest BCUT2D eigenvalue weighted by Crippen LogP contribution is 2.54. The molecule has 5 rings (SSSR count). The average Bonchev–Trinajstić information content (AvgIpc) is 3.02. The lowest BCUT2D eigenvalue weighted by molar-refractivity contribution is 0.410. The van der Waals surface area contributed by atoms with Crippen LogP contribution in [0.15, 0.2) is 48.5 Å². The van der Waals surface area contributed by atoms with Gasteiger partial charge in [-0.15, -0.1) is 0 Å². The van der Waals surface area contributed by atoms with Gasteiger partial charge in [-0.3, -0.25) is 0 Å². The first-order valence-electron chi connectivity index (χ1n) is 8.87. The van der Waals surface area contributed by atoms with Crippen LogP contribution in [0.4, 0.5) is 0 Å². The van der Waals surface area contributed by atoms with Gasteiger partial charge in [-0.1, -0.05) is 36.4 Å². The van der Waals surface area contributed by atoms with Crippen LogP contribution in [0.5, 0.6) is 11.5 Å². The molecule has 0 bridgehead atoms.